The Kier molecular flexibility index (Phi) is 10.5. The highest BCUT2D eigenvalue weighted by Gasteiger charge is 2.35. The van der Waals surface area contributed by atoms with Crippen molar-refractivity contribution >= 4 is 0 Å². The molecule has 0 amide bonds. The molecule has 0 heterocycles. The first kappa shape index (κ1) is 17.0. The fourth-order valence-electron chi connectivity index (χ4n) is 3.06. The molecule has 1 aliphatic carbocycles. The first-order valence-electron chi connectivity index (χ1n) is 9.09. The zero-order valence-corrected chi connectivity index (χ0v) is 13.6. The molecule has 2 atom stereocenters. The van der Waals surface area contributed by atoms with Crippen molar-refractivity contribution < 1.29 is 0 Å². The molecule has 0 saturated heterocycles. The zero-order valence-electron chi connectivity index (χ0n) is 13.6. The maximum absolute atomic E-state index is 3.64. The molecule has 1 nitrogen and oxygen atoms in total. The molecule has 0 bridgehead atoms. The smallest absolute Gasteiger partial charge is 0.00178 e. The lowest BCUT2D eigenvalue weighted by Crippen LogP contribution is -2.18. The van der Waals surface area contributed by atoms with Gasteiger partial charge < -0.3 is 5.32 Å². The van der Waals surface area contributed by atoms with Gasteiger partial charge in [0.05, 0.1) is 0 Å². The molecule has 0 spiro atoms. The summed E-state index contributed by atoms with van der Waals surface area (Å²) in [6, 6.07) is 0. The number of unbranched alkanes of at least 4 members (excludes halogenated alkanes) is 8. The van der Waals surface area contributed by atoms with Crippen LogP contribution in [0.25, 0.3) is 0 Å². The van der Waals surface area contributed by atoms with E-state index < -0.39 is 0 Å². The average molecular weight is 268 g/mol. The minimum Gasteiger partial charge on any atom is -0.316 e. The average Bonchev–Trinajstić information content (AvgIpc) is 3.16. The van der Waals surface area contributed by atoms with Crippen LogP contribution in [0.4, 0.5) is 0 Å². The van der Waals surface area contributed by atoms with Crippen LogP contribution in [0.2, 0.25) is 0 Å². The van der Waals surface area contributed by atoms with Gasteiger partial charge in [-0.3, -0.25) is 0 Å². The van der Waals surface area contributed by atoms with Crippen LogP contribution < -0.4 is 5.32 Å². The summed E-state index contributed by atoms with van der Waals surface area (Å²) >= 11 is 0. The van der Waals surface area contributed by atoms with E-state index in [9.17, 15) is 0 Å². The number of rotatable bonds is 14. The van der Waals surface area contributed by atoms with Crippen LogP contribution in [0.5, 0.6) is 0 Å². The third-order valence-electron chi connectivity index (χ3n) is 4.61. The van der Waals surface area contributed by atoms with E-state index >= 15 is 0 Å². The topological polar surface area (TPSA) is 12.0 Å². The Morgan fingerprint density at radius 2 is 1.37 bits per heavy atom. The van der Waals surface area contributed by atoms with Gasteiger partial charge in [0.15, 0.2) is 0 Å². The number of hydrogen-bond donors (Lipinski definition) is 1. The summed E-state index contributed by atoms with van der Waals surface area (Å²) in [5.41, 5.74) is 0. The maximum atomic E-state index is 3.64. The molecule has 1 N–H and O–H groups in total. The molecular formula is C18H37N. The molecule has 0 aromatic carbocycles. The van der Waals surface area contributed by atoms with Crippen molar-refractivity contribution in [2.75, 3.05) is 13.1 Å². The lowest BCUT2D eigenvalue weighted by molar-refractivity contribution is 0.522. The van der Waals surface area contributed by atoms with Crippen molar-refractivity contribution in [1.82, 2.24) is 5.32 Å². The van der Waals surface area contributed by atoms with E-state index in [1.54, 1.807) is 0 Å². The second-order valence-corrected chi connectivity index (χ2v) is 6.58. The summed E-state index contributed by atoms with van der Waals surface area (Å²) in [5.74, 6) is 2.11. The molecule has 0 aromatic rings. The summed E-state index contributed by atoms with van der Waals surface area (Å²) < 4.78 is 0. The summed E-state index contributed by atoms with van der Waals surface area (Å²) in [7, 11) is 0. The first-order valence-corrected chi connectivity index (χ1v) is 9.09. The van der Waals surface area contributed by atoms with Gasteiger partial charge in [-0.05, 0) is 37.8 Å². The van der Waals surface area contributed by atoms with E-state index in [1.165, 1.54) is 90.1 Å². The minimum absolute atomic E-state index is 1.03. The Balaban J connectivity index is 1.76. The third-order valence-corrected chi connectivity index (χ3v) is 4.61. The molecule has 0 radical (unpaired) electrons. The van der Waals surface area contributed by atoms with Crippen LogP contribution in [-0.2, 0) is 0 Å². The monoisotopic (exact) mass is 267 g/mol. The Morgan fingerprint density at radius 1 is 0.737 bits per heavy atom. The van der Waals surface area contributed by atoms with Crippen molar-refractivity contribution in [3.8, 4) is 0 Å². The zero-order chi connectivity index (χ0) is 13.8. The maximum Gasteiger partial charge on any atom is -0.00178 e. The van der Waals surface area contributed by atoms with E-state index in [-0.39, 0.29) is 0 Å². The summed E-state index contributed by atoms with van der Waals surface area (Å²) in [6.45, 7) is 7.11. The molecule has 114 valence electrons. The Labute approximate surface area is 121 Å². The number of nitrogens with one attached hydrogen (secondary N) is 1. The fourth-order valence-corrected chi connectivity index (χ4v) is 3.06. The fraction of sp³-hybridized carbons (Fsp3) is 1.00. The van der Waals surface area contributed by atoms with Crippen molar-refractivity contribution in [2.45, 2.75) is 90.9 Å². The Bertz CT molecular complexity index is 190. The van der Waals surface area contributed by atoms with Gasteiger partial charge in [0.2, 0.25) is 0 Å². The van der Waals surface area contributed by atoms with Gasteiger partial charge in [-0.15, -0.1) is 0 Å². The molecule has 0 aliphatic heterocycles. The Hall–Kier alpha value is -0.0400. The van der Waals surface area contributed by atoms with Crippen molar-refractivity contribution in [3.63, 3.8) is 0 Å². The van der Waals surface area contributed by atoms with E-state index in [0.717, 1.165) is 11.8 Å². The lowest BCUT2D eigenvalue weighted by Gasteiger charge is -2.04. The highest BCUT2D eigenvalue weighted by Crippen LogP contribution is 2.41. The minimum atomic E-state index is 1.03. The van der Waals surface area contributed by atoms with Crippen LogP contribution in [0, 0.1) is 11.8 Å². The summed E-state index contributed by atoms with van der Waals surface area (Å²) in [4.78, 5) is 0. The lowest BCUT2D eigenvalue weighted by atomic mass is 10.1. The van der Waals surface area contributed by atoms with Crippen LogP contribution in [0.15, 0.2) is 0 Å². The van der Waals surface area contributed by atoms with Crippen LogP contribution >= 0.6 is 0 Å². The van der Waals surface area contributed by atoms with E-state index in [2.05, 4.69) is 19.2 Å². The Morgan fingerprint density at radius 3 is 2.11 bits per heavy atom. The molecule has 19 heavy (non-hydrogen) atoms. The second-order valence-electron chi connectivity index (χ2n) is 6.58. The standard InChI is InChI=1S/C18H37N/c1-3-5-7-8-9-10-11-13-17-15-18(17)16-19-14-12-6-4-2/h17-19H,3-16H2,1-2H3. The molecule has 1 fully saturated rings. The van der Waals surface area contributed by atoms with Crippen molar-refractivity contribution in [1.29, 1.82) is 0 Å². The molecule has 1 heteroatoms. The SMILES string of the molecule is CCCCCCCCCC1CC1CNCCCCC. The van der Waals surface area contributed by atoms with Gasteiger partial charge >= 0.3 is 0 Å². The first-order chi connectivity index (χ1) is 9.38. The summed E-state index contributed by atoms with van der Waals surface area (Å²) in [5, 5.41) is 3.64. The molecule has 2 unspecified atom stereocenters. The number of hydrogen-bond acceptors (Lipinski definition) is 1. The van der Waals surface area contributed by atoms with Crippen LogP contribution in [0.1, 0.15) is 90.9 Å². The molecule has 1 rings (SSSR count). The molecular weight excluding hydrogens is 230 g/mol. The van der Waals surface area contributed by atoms with Gasteiger partial charge in [0.1, 0.15) is 0 Å². The quantitative estimate of drug-likeness (QED) is 0.407. The van der Waals surface area contributed by atoms with Crippen LogP contribution in [0.3, 0.4) is 0 Å². The molecule has 1 saturated carbocycles. The van der Waals surface area contributed by atoms with Gasteiger partial charge in [-0.2, -0.15) is 0 Å². The van der Waals surface area contributed by atoms with Crippen molar-refractivity contribution in [2.24, 2.45) is 11.8 Å². The highest BCUT2D eigenvalue weighted by atomic mass is 14.9. The summed E-state index contributed by atoms with van der Waals surface area (Å²) in [6.07, 6.45) is 17.3. The van der Waals surface area contributed by atoms with Crippen molar-refractivity contribution in [3.05, 3.63) is 0 Å². The third kappa shape index (κ3) is 9.49. The second kappa shape index (κ2) is 11.8. The van der Waals surface area contributed by atoms with Gasteiger partial charge in [-0.25, -0.2) is 0 Å². The normalized spacial score (nSPS) is 21.8. The van der Waals surface area contributed by atoms with Gasteiger partial charge in [-0.1, -0.05) is 78.1 Å². The predicted molar refractivity (Wildman–Crippen MR) is 86.6 cm³/mol. The van der Waals surface area contributed by atoms with Gasteiger partial charge in [0, 0.05) is 0 Å². The van der Waals surface area contributed by atoms with Gasteiger partial charge in [0.25, 0.3) is 0 Å². The highest BCUT2D eigenvalue weighted by molar-refractivity contribution is 4.87. The predicted octanol–water partition coefficient (Wildman–Crippen LogP) is 5.54. The van der Waals surface area contributed by atoms with Crippen LogP contribution in [-0.4, -0.2) is 13.1 Å². The molecule has 0 aromatic heterocycles. The van der Waals surface area contributed by atoms with E-state index in [4.69, 9.17) is 0 Å². The van der Waals surface area contributed by atoms with E-state index in [1.807, 2.05) is 0 Å². The molecule has 1 aliphatic rings. The van der Waals surface area contributed by atoms with E-state index in [0.29, 0.717) is 0 Å². The largest absolute Gasteiger partial charge is 0.316 e.